The first kappa shape index (κ1) is 123. The van der Waals surface area contributed by atoms with E-state index in [1.165, 1.54) is 0 Å². The Hall–Kier alpha value is -6.72. The Morgan fingerprint density at radius 2 is 0.637 bits per heavy atom. The molecule has 4 unspecified atom stereocenters. The molecule has 0 aromatic heterocycles. The Balaban J connectivity index is 0.000000217. The minimum Gasteiger partial charge on any atom is -0.464 e. The summed E-state index contributed by atoms with van der Waals surface area (Å²) in [6.07, 6.45) is 29.3. The summed E-state index contributed by atoms with van der Waals surface area (Å²) >= 11 is 26.6. The van der Waals surface area contributed by atoms with Crippen molar-refractivity contribution < 1.29 is 98.7 Å². The second-order valence-electron chi connectivity index (χ2n) is 43.4. The van der Waals surface area contributed by atoms with Gasteiger partial charge in [0, 0.05) is 123 Å². The fraction of sp³-hybridized carbons (Fsp3) is 0.633. The van der Waals surface area contributed by atoms with E-state index < -0.39 is 48.8 Å². The van der Waals surface area contributed by atoms with Crippen molar-refractivity contribution in [3.05, 3.63) is 238 Å². The maximum atomic E-state index is 12.0. The summed E-state index contributed by atoms with van der Waals surface area (Å²) in [5.74, 6) is -0.159. The maximum Gasteiger partial charge on any atom is 0.305 e. The number of allylic oxidation sites excluding steroid dienone is 4. The van der Waals surface area contributed by atoms with Gasteiger partial charge < -0.3 is 79.5 Å². The Morgan fingerprint density at radius 3 is 0.945 bits per heavy atom. The molecular weight excluding hydrogens is 1930 g/mol. The summed E-state index contributed by atoms with van der Waals surface area (Å²) < 4.78 is 31.1. The minimum absolute atomic E-state index is 0.0167. The zero-order valence-electron chi connectivity index (χ0n) is 87.8. The van der Waals surface area contributed by atoms with Crippen LogP contribution >= 0.6 is 46.4 Å². The van der Waals surface area contributed by atoms with Crippen molar-refractivity contribution in [3.8, 4) is 0 Å². The standard InChI is InChI=1S/C32H42ClNO5.C32H52ClNO5.C28H35ClO5.C28H45ClO5/c33-28-23-30(36)32(26-14-12-25(13-15-26)29(35)22-24-8-4-3-5-9-24)27(28)10-6-1-2-7-11-31(37)39-21-18-34-16-19-38-20-17-34;1-32(2,3)16-8-10-28(35)24-12-14-25(15-13-24)31-26(27(33)23-29(31)36)9-6-4-5-7-11-30(37)39-22-19-34-17-20-38-21-18-34;29-24-19-26(32)28(23(24)10-6-1-2-7-11-27(33)34-17-16-30)22-14-12-21(13-15-22)25(31)18-20-8-4-3-5-9-20;1-28(2,3)16-8-10-24(31)20-12-14-21(15-13-20)27-22(23(29)19-25(27)32)9-6-4-5-7-11-26(33)34-18-17-30/h1,3-6,8-9,12-15,27-30,32,35-36H,2,7,10-11,16-23H2;12-15,26-29,31,35-36H,4-11,16-23H2,1-3H3;1,3-6,8-9,12-15,23-26,28,30-32H,2,7,10-11,16-19H2;12-15,22-25,27,30-32H,4-11,16-19H2,1-3H3/b6-1-;;6-1-;/t27-,28+,29?,30+,32+;26-,27+,28?,29+,31+;23-,24+,25?,26+,28+;22-,23+,24?,25+,27+/m0000/s1. The van der Waals surface area contributed by atoms with Gasteiger partial charge in [-0.05, 0) is 206 Å². The van der Waals surface area contributed by atoms with Crippen LogP contribution in [0.15, 0.2) is 182 Å². The molecule has 22 nitrogen and oxygen atoms in total. The molecule has 6 aromatic carbocycles. The SMILES string of the molecule is CC(C)(C)CCCC(O)c1ccc([C@@H]2[C@@H](CCCCCCC(=O)OCCN3CCOCC3)[C@H](Cl)C[C@H]2O)cc1.CC(C)(C)CCCC(O)c1ccc([C@@H]2[C@@H](CCCCCCC(=O)OCCO)[C@H](Cl)C[C@H]2O)cc1.O=C(CCC/C=C\C[C@@H]1[C@@H](c2ccc(C(O)Cc3ccccc3)cc2)[C@H](O)C[C@H]1Cl)OCCN1CCOCC1.O=C(CCC/C=C\C[C@@H]1[C@@H](c2ccc(C(O)Cc3ccccc3)cc2)[C@H](O)C[C@H]1Cl)OCCO. The number of carbonyl (C=O) groups excluding carboxylic acids is 4. The van der Waals surface area contributed by atoms with Gasteiger partial charge in [-0.3, -0.25) is 29.0 Å². The molecule has 0 radical (unpaired) electrons. The molecule has 6 aromatic rings. The first-order chi connectivity index (χ1) is 70.3. The number of unbranched alkanes of at least 4 members (excludes halogenated alkanes) is 8. The molecule has 12 rings (SSSR count). The van der Waals surface area contributed by atoms with Crippen molar-refractivity contribution in [2.24, 2.45) is 34.5 Å². The number of aliphatic hydroxyl groups excluding tert-OH is 10. The van der Waals surface area contributed by atoms with Crippen LogP contribution in [0.25, 0.3) is 0 Å². The highest BCUT2D eigenvalue weighted by atomic mass is 35.5. The number of aliphatic hydroxyl groups is 10. The van der Waals surface area contributed by atoms with Crippen molar-refractivity contribution >= 4 is 70.3 Å². The topological polar surface area (TPSA) is 332 Å². The molecule has 4 saturated carbocycles. The minimum atomic E-state index is -0.578. The van der Waals surface area contributed by atoms with E-state index in [0.29, 0.717) is 83.8 Å². The van der Waals surface area contributed by atoms with Gasteiger partial charge >= 0.3 is 23.9 Å². The van der Waals surface area contributed by atoms with Gasteiger partial charge in [0.15, 0.2) is 0 Å². The predicted molar refractivity (Wildman–Crippen MR) is 582 cm³/mol. The van der Waals surface area contributed by atoms with Gasteiger partial charge in [0.1, 0.15) is 26.4 Å². The third kappa shape index (κ3) is 44.5. The molecule has 10 N–H and O–H groups in total. The molecule has 20 atom stereocenters. The lowest BCUT2D eigenvalue weighted by Gasteiger charge is -2.26. The molecule has 2 saturated heterocycles. The van der Waals surface area contributed by atoms with Crippen LogP contribution in [0.2, 0.25) is 0 Å². The second kappa shape index (κ2) is 67.0. The monoisotopic (exact) mass is 2100 g/mol. The Bertz CT molecular complexity index is 4630. The highest BCUT2D eigenvalue weighted by molar-refractivity contribution is 6.22. The lowest BCUT2D eigenvalue weighted by molar-refractivity contribution is -0.145. The van der Waals surface area contributed by atoms with Crippen LogP contribution in [-0.2, 0) is 60.4 Å². The number of esters is 4. The van der Waals surface area contributed by atoms with Crippen LogP contribution in [0.5, 0.6) is 0 Å². The highest BCUT2D eigenvalue weighted by Gasteiger charge is 2.46. The van der Waals surface area contributed by atoms with Crippen LogP contribution in [0.4, 0.5) is 0 Å². The Kier molecular flexibility index (Phi) is 56.3. The van der Waals surface area contributed by atoms with Crippen LogP contribution in [0.1, 0.15) is 338 Å². The van der Waals surface area contributed by atoms with E-state index in [-0.39, 0.29) is 130 Å². The number of nitrogens with zero attached hydrogens (tertiary/aromatic N) is 2. The molecule has 0 spiro atoms. The van der Waals surface area contributed by atoms with Gasteiger partial charge in [0.2, 0.25) is 0 Å². The first-order valence-electron chi connectivity index (χ1n) is 54.5. The first-order valence-corrected chi connectivity index (χ1v) is 56.2. The molecule has 6 aliphatic rings. The number of benzene rings is 6. The summed E-state index contributed by atoms with van der Waals surface area (Å²) in [7, 11) is 0. The largest absolute Gasteiger partial charge is 0.464 e. The zero-order valence-corrected chi connectivity index (χ0v) is 90.8. The molecule has 0 amide bonds. The van der Waals surface area contributed by atoms with Crippen LogP contribution in [-0.4, -0.2) is 236 Å². The average Bonchev–Trinajstić information content (AvgIpc) is 1.67. The number of carbonyl (C=O) groups is 4. The van der Waals surface area contributed by atoms with Gasteiger partial charge in [0.05, 0.1) is 88.5 Å². The molecular formula is C120H174Cl4N2O20. The van der Waals surface area contributed by atoms with E-state index in [1.54, 1.807) is 0 Å². The normalized spacial score (nSPS) is 24.2. The summed E-state index contributed by atoms with van der Waals surface area (Å²) in [6.45, 7) is 22.2. The predicted octanol–water partition coefficient (Wildman–Crippen LogP) is 21.8. The van der Waals surface area contributed by atoms with Crippen molar-refractivity contribution in [1.82, 2.24) is 9.80 Å². The number of rotatable bonds is 54. The molecule has 0 bridgehead atoms. The number of hydrogen-bond donors (Lipinski definition) is 10. The molecule has 6 fully saturated rings. The summed E-state index contributed by atoms with van der Waals surface area (Å²) in [4.78, 5) is 51.5. The lowest BCUT2D eigenvalue weighted by atomic mass is 9.83. The van der Waals surface area contributed by atoms with Gasteiger partial charge in [-0.15, -0.1) is 46.4 Å². The molecule has 146 heavy (non-hydrogen) atoms. The van der Waals surface area contributed by atoms with E-state index >= 15 is 0 Å². The number of hydrogen-bond acceptors (Lipinski definition) is 22. The fourth-order valence-electron chi connectivity index (χ4n) is 21.4. The average molecular weight is 2110 g/mol. The van der Waals surface area contributed by atoms with Gasteiger partial charge in [-0.1, -0.05) is 275 Å². The second-order valence-corrected chi connectivity index (χ2v) is 45.6. The highest BCUT2D eigenvalue weighted by Crippen LogP contribution is 2.50. The number of ether oxygens (including phenoxy) is 6. The maximum absolute atomic E-state index is 12.0. The van der Waals surface area contributed by atoms with Gasteiger partial charge in [0.25, 0.3) is 0 Å². The van der Waals surface area contributed by atoms with E-state index in [0.717, 1.165) is 256 Å². The quantitative estimate of drug-likeness (QED) is 0.00557. The number of morpholine rings is 2. The van der Waals surface area contributed by atoms with E-state index in [2.05, 4.69) is 93.8 Å². The van der Waals surface area contributed by atoms with Crippen molar-refractivity contribution in [2.75, 3.05) is 105 Å². The van der Waals surface area contributed by atoms with E-state index in [1.807, 2.05) is 140 Å². The van der Waals surface area contributed by atoms with E-state index in [4.69, 9.17) is 85.0 Å². The molecule has 2 aliphatic heterocycles. The fourth-order valence-corrected chi connectivity index (χ4v) is 23.2. The molecule has 26 heteroatoms. The van der Waals surface area contributed by atoms with Crippen molar-refractivity contribution in [3.63, 3.8) is 0 Å². The molecule has 812 valence electrons. The summed E-state index contributed by atoms with van der Waals surface area (Å²) in [5, 5.41) is 103. The van der Waals surface area contributed by atoms with Crippen LogP contribution in [0, 0.1) is 34.5 Å². The lowest BCUT2D eigenvalue weighted by Crippen LogP contribution is -2.38. The molecule has 4 aliphatic carbocycles. The number of alkyl halides is 4. The van der Waals surface area contributed by atoms with E-state index in [9.17, 15) is 60.0 Å². The summed E-state index contributed by atoms with van der Waals surface area (Å²) in [6, 6.07) is 52.0. The smallest absolute Gasteiger partial charge is 0.305 e. The van der Waals surface area contributed by atoms with Crippen LogP contribution in [0.3, 0.4) is 0 Å². The summed E-state index contributed by atoms with van der Waals surface area (Å²) in [5.41, 5.74) is 10.6. The van der Waals surface area contributed by atoms with Crippen LogP contribution < -0.4 is 0 Å². The van der Waals surface area contributed by atoms with Gasteiger partial charge in [-0.2, -0.15) is 0 Å². The Labute approximate surface area is 891 Å². The Morgan fingerprint density at radius 1 is 0.356 bits per heavy atom. The number of halogens is 4. The third-order valence-electron chi connectivity index (χ3n) is 29.7. The molecule has 2 heterocycles. The zero-order chi connectivity index (χ0) is 105. The van der Waals surface area contributed by atoms with Crippen molar-refractivity contribution in [1.29, 1.82) is 0 Å². The van der Waals surface area contributed by atoms with Gasteiger partial charge in [-0.25, -0.2) is 0 Å². The third-order valence-corrected chi connectivity index (χ3v) is 31.7. The van der Waals surface area contributed by atoms with Crippen molar-refractivity contribution in [2.45, 2.75) is 341 Å².